The number of carbonyl (C=O) groups is 2. The number of carboxylic acids is 2. The van der Waals surface area contributed by atoms with Crippen LogP contribution in [0.3, 0.4) is 0 Å². The summed E-state index contributed by atoms with van der Waals surface area (Å²) in [7, 11) is 0. The van der Waals surface area contributed by atoms with E-state index in [4.69, 9.17) is 10.2 Å². The molecule has 2 aromatic carbocycles. The Kier molecular flexibility index (Phi) is 10.1. The highest BCUT2D eigenvalue weighted by atomic mass is 19.4. The smallest absolute Gasteiger partial charge is 0.416 e. The summed E-state index contributed by atoms with van der Waals surface area (Å²) in [6.07, 6.45) is -7.24. The molecule has 6 nitrogen and oxygen atoms in total. The normalized spacial score (nSPS) is 16.1. The molecular formula is C24H24F6N2O4. The van der Waals surface area contributed by atoms with E-state index in [9.17, 15) is 35.9 Å². The van der Waals surface area contributed by atoms with E-state index in [1.54, 1.807) is 4.90 Å². The monoisotopic (exact) mass is 518 g/mol. The third-order valence-corrected chi connectivity index (χ3v) is 5.31. The number of alkyl halides is 6. The van der Waals surface area contributed by atoms with Gasteiger partial charge in [0.25, 0.3) is 0 Å². The van der Waals surface area contributed by atoms with E-state index in [2.05, 4.69) is 5.32 Å². The summed E-state index contributed by atoms with van der Waals surface area (Å²) in [6.45, 7) is 1.06. The summed E-state index contributed by atoms with van der Waals surface area (Å²) in [6, 6.07) is 10.3. The number of carboxylic acid groups (broad SMARTS) is 2. The lowest BCUT2D eigenvalue weighted by Crippen LogP contribution is -2.37. The molecule has 0 amide bonds. The molecule has 0 unspecified atom stereocenters. The molecule has 1 aliphatic heterocycles. The molecule has 0 saturated carbocycles. The van der Waals surface area contributed by atoms with Gasteiger partial charge in [-0.1, -0.05) is 36.4 Å². The van der Waals surface area contributed by atoms with Crippen molar-refractivity contribution in [2.24, 2.45) is 0 Å². The van der Waals surface area contributed by atoms with E-state index in [1.165, 1.54) is 36.4 Å². The van der Waals surface area contributed by atoms with Crippen LogP contribution >= 0.6 is 0 Å². The van der Waals surface area contributed by atoms with Crippen LogP contribution in [0.25, 0.3) is 0 Å². The minimum Gasteiger partial charge on any atom is -0.478 e. The molecule has 36 heavy (non-hydrogen) atoms. The topological polar surface area (TPSA) is 89.9 Å². The van der Waals surface area contributed by atoms with Crippen LogP contribution < -0.4 is 5.32 Å². The molecule has 196 valence electrons. The summed E-state index contributed by atoms with van der Waals surface area (Å²) >= 11 is 0. The quantitative estimate of drug-likeness (QED) is 0.361. The van der Waals surface area contributed by atoms with Crippen LogP contribution in [0.2, 0.25) is 0 Å². The highest BCUT2D eigenvalue weighted by molar-refractivity contribution is 5.89. The van der Waals surface area contributed by atoms with E-state index in [0.717, 1.165) is 12.1 Å². The Morgan fingerprint density at radius 1 is 0.833 bits per heavy atom. The zero-order valence-corrected chi connectivity index (χ0v) is 18.8. The first-order valence-corrected chi connectivity index (χ1v) is 10.7. The molecule has 0 spiro atoms. The van der Waals surface area contributed by atoms with Gasteiger partial charge in [-0.05, 0) is 36.2 Å². The van der Waals surface area contributed by atoms with Crippen molar-refractivity contribution in [3.05, 3.63) is 82.9 Å². The summed E-state index contributed by atoms with van der Waals surface area (Å²) in [5.74, 6) is -2.51. The second-order valence-corrected chi connectivity index (χ2v) is 7.87. The van der Waals surface area contributed by atoms with Gasteiger partial charge in [-0.15, -0.1) is 0 Å². The second-order valence-electron chi connectivity index (χ2n) is 7.87. The van der Waals surface area contributed by atoms with E-state index < -0.39 is 35.4 Å². The Balaban J connectivity index is 0.000000493. The Hall–Kier alpha value is -3.38. The predicted octanol–water partition coefficient (Wildman–Crippen LogP) is 4.80. The SMILES string of the molecule is FC(F)(F)c1ccccc1CN(Cc1ccccc1C(F)(F)F)[C@H]1CCNC1.O=C(O)C=CC(=O)O. The van der Waals surface area contributed by atoms with E-state index in [0.29, 0.717) is 31.7 Å². The molecule has 0 aromatic heterocycles. The molecule has 2 aromatic rings. The zero-order valence-electron chi connectivity index (χ0n) is 18.8. The van der Waals surface area contributed by atoms with Gasteiger partial charge in [-0.25, -0.2) is 9.59 Å². The van der Waals surface area contributed by atoms with Crippen LogP contribution in [0.1, 0.15) is 28.7 Å². The van der Waals surface area contributed by atoms with Crippen LogP contribution in [0.4, 0.5) is 26.3 Å². The second kappa shape index (κ2) is 12.5. The van der Waals surface area contributed by atoms with Gasteiger partial charge < -0.3 is 15.5 Å². The van der Waals surface area contributed by atoms with Crippen molar-refractivity contribution in [3.8, 4) is 0 Å². The number of nitrogens with zero attached hydrogens (tertiary/aromatic N) is 1. The Morgan fingerprint density at radius 2 is 1.25 bits per heavy atom. The Labute approximate surface area is 202 Å². The van der Waals surface area contributed by atoms with Crippen molar-refractivity contribution in [3.63, 3.8) is 0 Å². The minimum atomic E-state index is -4.51. The molecular weight excluding hydrogens is 494 g/mol. The molecule has 3 N–H and O–H groups in total. The maximum absolute atomic E-state index is 13.3. The first-order chi connectivity index (χ1) is 16.8. The fraction of sp³-hybridized carbons (Fsp3) is 0.333. The van der Waals surface area contributed by atoms with E-state index >= 15 is 0 Å². The van der Waals surface area contributed by atoms with Gasteiger partial charge in [0, 0.05) is 37.8 Å². The average Bonchev–Trinajstić information content (AvgIpc) is 3.32. The predicted molar refractivity (Wildman–Crippen MR) is 118 cm³/mol. The highest BCUT2D eigenvalue weighted by Crippen LogP contribution is 2.35. The molecule has 1 atom stereocenters. The molecule has 1 heterocycles. The average molecular weight is 518 g/mol. The van der Waals surface area contributed by atoms with Gasteiger partial charge in [0.2, 0.25) is 0 Å². The van der Waals surface area contributed by atoms with Crippen LogP contribution in [0.15, 0.2) is 60.7 Å². The third kappa shape index (κ3) is 9.00. The Bertz CT molecular complexity index is 988. The minimum absolute atomic E-state index is 0.0615. The molecule has 1 fully saturated rings. The first-order valence-electron chi connectivity index (χ1n) is 10.7. The van der Waals surface area contributed by atoms with E-state index in [1.807, 2.05) is 0 Å². The van der Waals surface area contributed by atoms with Crippen molar-refractivity contribution in [1.29, 1.82) is 0 Å². The number of benzene rings is 2. The van der Waals surface area contributed by atoms with Gasteiger partial charge in [-0.3, -0.25) is 4.90 Å². The van der Waals surface area contributed by atoms with E-state index in [-0.39, 0.29) is 30.3 Å². The van der Waals surface area contributed by atoms with Gasteiger partial charge >= 0.3 is 24.3 Å². The number of rotatable bonds is 7. The molecule has 0 bridgehead atoms. The molecule has 0 radical (unpaired) electrons. The number of hydrogen-bond acceptors (Lipinski definition) is 4. The molecule has 1 saturated heterocycles. The molecule has 12 heteroatoms. The lowest BCUT2D eigenvalue weighted by Gasteiger charge is -2.30. The van der Waals surface area contributed by atoms with Crippen molar-refractivity contribution < 1.29 is 46.1 Å². The molecule has 1 aliphatic rings. The number of aliphatic carboxylic acids is 2. The first kappa shape index (κ1) is 28.9. The number of hydrogen-bond donors (Lipinski definition) is 3. The largest absolute Gasteiger partial charge is 0.478 e. The maximum atomic E-state index is 13.3. The van der Waals surface area contributed by atoms with Crippen molar-refractivity contribution in [2.75, 3.05) is 13.1 Å². The Morgan fingerprint density at radius 3 is 1.58 bits per heavy atom. The summed E-state index contributed by atoms with van der Waals surface area (Å²) in [4.78, 5) is 20.8. The lowest BCUT2D eigenvalue weighted by molar-refractivity contribution is -0.138. The van der Waals surface area contributed by atoms with Crippen LogP contribution in [0, 0.1) is 0 Å². The molecule has 3 rings (SSSR count). The van der Waals surface area contributed by atoms with Crippen molar-refractivity contribution >= 4 is 11.9 Å². The van der Waals surface area contributed by atoms with Gasteiger partial charge in [0.1, 0.15) is 0 Å². The van der Waals surface area contributed by atoms with Gasteiger partial charge in [-0.2, -0.15) is 26.3 Å². The fourth-order valence-corrected chi connectivity index (χ4v) is 3.71. The fourth-order valence-electron chi connectivity index (χ4n) is 3.71. The summed E-state index contributed by atoms with van der Waals surface area (Å²) in [5, 5.41) is 18.8. The number of halogens is 6. The molecule has 0 aliphatic carbocycles. The summed E-state index contributed by atoms with van der Waals surface area (Å²) < 4.78 is 80.1. The maximum Gasteiger partial charge on any atom is 0.416 e. The van der Waals surface area contributed by atoms with Crippen molar-refractivity contribution in [2.45, 2.75) is 37.9 Å². The van der Waals surface area contributed by atoms with Crippen LogP contribution in [-0.4, -0.2) is 46.2 Å². The van der Waals surface area contributed by atoms with Crippen LogP contribution in [0.5, 0.6) is 0 Å². The van der Waals surface area contributed by atoms with Gasteiger partial charge in [0.15, 0.2) is 0 Å². The summed E-state index contributed by atoms with van der Waals surface area (Å²) in [5.41, 5.74) is -1.39. The van der Waals surface area contributed by atoms with Gasteiger partial charge in [0.05, 0.1) is 11.1 Å². The standard InChI is InChI=1S/C20H20F6N2.C4H4O4/c21-19(22,23)17-7-3-1-5-14(17)12-28(16-9-10-27-11-16)13-15-6-2-4-8-18(15)20(24,25)26;5-3(6)1-2-4(7)8/h1-8,16,27H,9-13H2;1-2H,(H,5,6)(H,7,8)/t16-;/m0./s1. The lowest BCUT2D eigenvalue weighted by atomic mass is 10.0. The van der Waals surface area contributed by atoms with Crippen LogP contribution in [-0.2, 0) is 35.0 Å². The van der Waals surface area contributed by atoms with Crippen molar-refractivity contribution in [1.82, 2.24) is 10.2 Å². The zero-order chi connectivity index (χ0) is 26.9. The third-order valence-electron chi connectivity index (χ3n) is 5.31. The number of nitrogens with one attached hydrogen (secondary N) is 1. The highest BCUT2D eigenvalue weighted by Gasteiger charge is 2.36.